The highest BCUT2D eigenvalue weighted by Crippen LogP contribution is 2.16. The predicted molar refractivity (Wildman–Crippen MR) is 63.1 cm³/mol. The second kappa shape index (κ2) is 6.63. The third-order valence-corrected chi connectivity index (χ3v) is 3.16. The lowest BCUT2D eigenvalue weighted by molar-refractivity contribution is -0.127. The van der Waals surface area contributed by atoms with Gasteiger partial charge in [0.05, 0.1) is 6.04 Å². The Morgan fingerprint density at radius 2 is 2.38 bits per heavy atom. The Bertz CT molecular complexity index is 243. The Balaban J connectivity index is 2.42. The van der Waals surface area contributed by atoms with Gasteiger partial charge in [-0.3, -0.25) is 9.69 Å². The van der Waals surface area contributed by atoms with E-state index in [1.807, 2.05) is 13.8 Å². The fourth-order valence-corrected chi connectivity index (χ4v) is 2.06. The zero-order valence-electron chi connectivity index (χ0n) is 10.2. The molecule has 1 fully saturated rings. The fourth-order valence-electron chi connectivity index (χ4n) is 2.06. The first-order valence-electron chi connectivity index (χ1n) is 6.16. The van der Waals surface area contributed by atoms with E-state index in [9.17, 15) is 9.59 Å². The smallest absolute Gasteiger partial charge is 0.237 e. The molecular formula is C12H22N2O2. The van der Waals surface area contributed by atoms with Crippen LogP contribution in [0.3, 0.4) is 0 Å². The van der Waals surface area contributed by atoms with E-state index < -0.39 is 0 Å². The molecule has 2 atom stereocenters. The number of carbonyl (C=O) groups excluding carboxylic acids is 2. The lowest BCUT2D eigenvalue weighted by atomic mass is 9.98. The normalized spacial score (nSPS) is 23.8. The average molecular weight is 226 g/mol. The van der Waals surface area contributed by atoms with Crippen LogP contribution in [0.4, 0.5) is 0 Å². The molecule has 2 unspecified atom stereocenters. The molecule has 0 bridgehead atoms. The monoisotopic (exact) mass is 226 g/mol. The Labute approximate surface area is 97.4 Å². The molecule has 0 saturated carbocycles. The highest BCUT2D eigenvalue weighted by molar-refractivity contribution is 5.81. The lowest BCUT2D eigenvalue weighted by Gasteiger charge is -2.34. The van der Waals surface area contributed by atoms with Crippen LogP contribution < -0.4 is 5.32 Å². The Hall–Kier alpha value is -0.900. The largest absolute Gasteiger partial charge is 0.355 e. The van der Waals surface area contributed by atoms with Crippen molar-refractivity contribution in [2.45, 2.75) is 39.2 Å². The molecule has 0 aliphatic carbocycles. The number of nitrogens with one attached hydrogen (secondary N) is 1. The summed E-state index contributed by atoms with van der Waals surface area (Å²) in [4.78, 5) is 24.6. The van der Waals surface area contributed by atoms with Crippen molar-refractivity contribution in [1.82, 2.24) is 10.2 Å². The van der Waals surface area contributed by atoms with Crippen molar-refractivity contribution in [3.8, 4) is 0 Å². The minimum absolute atomic E-state index is 0.0772. The number of rotatable bonds is 5. The SMILES string of the molecule is CCCNC(=O)C(C)N1CCCC(C=O)C1. The van der Waals surface area contributed by atoms with Gasteiger partial charge in [0, 0.05) is 19.0 Å². The van der Waals surface area contributed by atoms with Crippen molar-refractivity contribution in [2.75, 3.05) is 19.6 Å². The van der Waals surface area contributed by atoms with Gasteiger partial charge in [0.25, 0.3) is 0 Å². The molecule has 1 aliphatic rings. The van der Waals surface area contributed by atoms with Crippen LogP contribution in [0, 0.1) is 5.92 Å². The quantitative estimate of drug-likeness (QED) is 0.706. The van der Waals surface area contributed by atoms with Crippen LogP contribution in [0.1, 0.15) is 33.1 Å². The van der Waals surface area contributed by atoms with Crippen molar-refractivity contribution >= 4 is 12.2 Å². The van der Waals surface area contributed by atoms with E-state index in [0.29, 0.717) is 0 Å². The Morgan fingerprint density at radius 1 is 1.62 bits per heavy atom. The Kier molecular flexibility index (Phi) is 5.46. The molecule has 1 heterocycles. The summed E-state index contributed by atoms with van der Waals surface area (Å²) in [6.07, 6.45) is 3.94. The van der Waals surface area contributed by atoms with Gasteiger partial charge in [-0.05, 0) is 32.7 Å². The minimum atomic E-state index is -0.116. The summed E-state index contributed by atoms with van der Waals surface area (Å²) in [5.41, 5.74) is 0. The Morgan fingerprint density at radius 3 is 3.00 bits per heavy atom. The molecule has 1 N–H and O–H groups in total. The van der Waals surface area contributed by atoms with Gasteiger partial charge < -0.3 is 10.1 Å². The number of piperidine rings is 1. The number of amides is 1. The molecule has 0 aromatic carbocycles. The average Bonchev–Trinajstić information content (AvgIpc) is 2.35. The number of nitrogens with zero attached hydrogens (tertiary/aromatic N) is 1. The molecule has 16 heavy (non-hydrogen) atoms. The standard InChI is InChI=1S/C12H22N2O2/c1-3-6-13-12(16)10(2)14-7-4-5-11(8-14)9-15/h9-11H,3-8H2,1-2H3,(H,13,16). The molecule has 0 radical (unpaired) electrons. The van der Waals surface area contributed by atoms with Gasteiger partial charge in [-0.15, -0.1) is 0 Å². The molecule has 4 nitrogen and oxygen atoms in total. The summed E-state index contributed by atoms with van der Waals surface area (Å²) in [5.74, 6) is 0.184. The molecule has 0 aromatic rings. The van der Waals surface area contributed by atoms with Crippen LogP contribution in [0.5, 0.6) is 0 Å². The van der Waals surface area contributed by atoms with Crippen LogP contribution >= 0.6 is 0 Å². The molecule has 1 rings (SSSR count). The molecule has 92 valence electrons. The zero-order valence-corrected chi connectivity index (χ0v) is 10.2. The topological polar surface area (TPSA) is 49.4 Å². The van der Waals surface area contributed by atoms with Crippen LogP contribution in [-0.4, -0.2) is 42.8 Å². The minimum Gasteiger partial charge on any atom is -0.355 e. The molecule has 1 amide bonds. The number of hydrogen-bond donors (Lipinski definition) is 1. The molecule has 0 aromatic heterocycles. The van der Waals surface area contributed by atoms with Crippen molar-refractivity contribution in [3.05, 3.63) is 0 Å². The lowest BCUT2D eigenvalue weighted by Crippen LogP contribution is -2.49. The summed E-state index contributed by atoms with van der Waals surface area (Å²) in [7, 11) is 0. The van der Waals surface area contributed by atoms with Crippen LogP contribution in [0.25, 0.3) is 0 Å². The van der Waals surface area contributed by atoms with Gasteiger partial charge >= 0.3 is 0 Å². The highest BCUT2D eigenvalue weighted by Gasteiger charge is 2.26. The van der Waals surface area contributed by atoms with E-state index in [1.54, 1.807) is 0 Å². The zero-order chi connectivity index (χ0) is 12.0. The third kappa shape index (κ3) is 3.59. The van der Waals surface area contributed by atoms with E-state index in [-0.39, 0.29) is 17.9 Å². The van der Waals surface area contributed by atoms with Gasteiger partial charge in [-0.25, -0.2) is 0 Å². The number of likely N-dealkylation sites (tertiary alicyclic amines) is 1. The maximum Gasteiger partial charge on any atom is 0.237 e. The first kappa shape index (κ1) is 13.2. The predicted octanol–water partition coefficient (Wildman–Crippen LogP) is 0.812. The van der Waals surface area contributed by atoms with Crippen molar-refractivity contribution in [3.63, 3.8) is 0 Å². The van der Waals surface area contributed by atoms with Gasteiger partial charge in [0.2, 0.25) is 5.91 Å². The summed E-state index contributed by atoms with van der Waals surface area (Å²) in [5, 5.41) is 2.89. The van der Waals surface area contributed by atoms with E-state index in [4.69, 9.17) is 0 Å². The number of aldehydes is 1. The van der Waals surface area contributed by atoms with Crippen molar-refractivity contribution in [2.24, 2.45) is 5.92 Å². The van der Waals surface area contributed by atoms with E-state index in [2.05, 4.69) is 10.2 Å². The number of carbonyl (C=O) groups is 2. The molecular weight excluding hydrogens is 204 g/mol. The van der Waals surface area contributed by atoms with Gasteiger partial charge in [-0.1, -0.05) is 6.92 Å². The molecule has 0 spiro atoms. The summed E-state index contributed by atoms with van der Waals surface area (Å²) in [6, 6.07) is -0.116. The third-order valence-electron chi connectivity index (χ3n) is 3.16. The fraction of sp³-hybridized carbons (Fsp3) is 0.833. The van der Waals surface area contributed by atoms with Crippen molar-refractivity contribution < 1.29 is 9.59 Å². The van der Waals surface area contributed by atoms with Crippen molar-refractivity contribution in [1.29, 1.82) is 0 Å². The maximum absolute atomic E-state index is 11.8. The van der Waals surface area contributed by atoms with E-state index in [0.717, 1.165) is 45.2 Å². The maximum atomic E-state index is 11.8. The van der Waals surface area contributed by atoms with E-state index >= 15 is 0 Å². The first-order chi connectivity index (χ1) is 7.69. The molecule has 1 aliphatic heterocycles. The van der Waals surface area contributed by atoms with Crippen LogP contribution in [0.15, 0.2) is 0 Å². The van der Waals surface area contributed by atoms with Crippen LogP contribution in [-0.2, 0) is 9.59 Å². The van der Waals surface area contributed by atoms with Gasteiger partial charge in [0.1, 0.15) is 6.29 Å². The van der Waals surface area contributed by atoms with E-state index in [1.165, 1.54) is 0 Å². The molecule has 4 heteroatoms. The summed E-state index contributed by atoms with van der Waals surface area (Å²) in [6.45, 7) is 6.33. The van der Waals surface area contributed by atoms with Gasteiger partial charge in [0.15, 0.2) is 0 Å². The second-order valence-electron chi connectivity index (χ2n) is 4.50. The highest BCUT2D eigenvalue weighted by atomic mass is 16.2. The second-order valence-corrected chi connectivity index (χ2v) is 4.50. The van der Waals surface area contributed by atoms with Gasteiger partial charge in [-0.2, -0.15) is 0 Å². The first-order valence-corrected chi connectivity index (χ1v) is 6.16. The molecule has 1 saturated heterocycles. The number of hydrogen-bond acceptors (Lipinski definition) is 3. The summed E-state index contributed by atoms with van der Waals surface area (Å²) < 4.78 is 0. The van der Waals surface area contributed by atoms with Crippen LogP contribution in [0.2, 0.25) is 0 Å². The summed E-state index contributed by atoms with van der Waals surface area (Å²) >= 11 is 0.